The Morgan fingerprint density at radius 3 is 2.52 bits per heavy atom. The SMILES string of the molecule is Cc1cc(F)ccc1-c1ccc(C(=O)N2CC[C@@H](N)C2)cc1F. The van der Waals surface area contributed by atoms with E-state index >= 15 is 0 Å². The monoisotopic (exact) mass is 316 g/mol. The number of halogens is 2. The van der Waals surface area contributed by atoms with Crippen molar-refractivity contribution in [3.05, 3.63) is 59.2 Å². The van der Waals surface area contributed by atoms with E-state index in [0.29, 0.717) is 35.3 Å². The molecule has 3 nitrogen and oxygen atoms in total. The lowest BCUT2D eigenvalue weighted by Crippen LogP contribution is -2.31. The van der Waals surface area contributed by atoms with Crippen LogP contribution in [-0.4, -0.2) is 29.9 Å². The minimum absolute atomic E-state index is 0.00932. The number of benzene rings is 2. The van der Waals surface area contributed by atoms with Crippen molar-refractivity contribution in [1.82, 2.24) is 4.90 Å². The van der Waals surface area contributed by atoms with E-state index in [0.717, 1.165) is 6.42 Å². The van der Waals surface area contributed by atoms with Crippen molar-refractivity contribution in [2.24, 2.45) is 5.73 Å². The number of carbonyl (C=O) groups excluding carboxylic acids is 1. The highest BCUT2D eigenvalue weighted by molar-refractivity contribution is 5.95. The maximum Gasteiger partial charge on any atom is 0.254 e. The van der Waals surface area contributed by atoms with Gasteiger partial charge in [0.1, 0.15) is 11.6 Å². The number of likely N-dealkylation sites (tertiary alicyclic amines) is 1. The molecule has 5 heteroatoms. The Kier molecular flexibility index (Phi) is 4.13. The Balaban J connectivity index is 1.90. The second kappa shape index (κ2) is 6.08. The van der Waals surface area contributed by atoms with E-state index in [4.69, 9.17) is 5.73 Å². The maximum absolute atomic E-state index is 14.5. The average molecular weight is 316 g/mol. The van der Waals surface area contributed by atoms with Crippen molar-refractivity contribution in [1.29, 1.82) is 0 Å². The van der Waals surface area contributed by atoms with Crippen LogP contribution < -0.4 is 5.73 Å². The van der Waals surface area contributed by atoms with Gasteiger partial charge in [0.05, 0.1) is 0 Å². The molecule has 0 unspecified atom stereocenters. The second-order valence-electron chi connectivity index (χ2n) is 5.95. The van der Waals surface area contributed by atoms with Gasteiger partial charge in [-0.05, 0) is 48.7 Å². The Hall–Kier alpha value is -2.27. The van der Waals surface area contributed by atoms with Crippen LogP contribution >= 0.6 is 0 Å². The van der Waals surface area contributed by atoms with E-state index in [-0.39, 0.29) is 17.8 Å². The van der Waals surface area contributed by atoms with Gasteiger partial charge in [0.15, 0.2) is 0 Å². The Morgan fingerprint density at radius 1 is 1.17 bits per heavy atom. The molecule has 1 amide bonds. The van der Waals surface area contributed by atoms with Crippen LogP contribution in [0.4, 0.5) is 8.78 Å². The van der Waals surface area contributed by atoms with E-state index in [1.54, 1.807) is 30.0 Å². The summed E-state index contributed by atoms with van der Waals surface area (Å²) in [5.74, 6) is -1.06. The molecule has 1 aliphatic rings. The molecule has 2 N–H and O–H groups in total. The second-order valence-corrected chi connectivity index (χ2v) is 5.95. The van der Waals surface area contributed by atoms with E-state index in [2.05, 4.69) is 0 Å². The number of hydrogen-bond donors (Lipinski definition) is 1. The van der Waals surface area contributed by atoms with Crippen LogP contribution in [0.3, 0.4) is 0 Å². The molecule has 1 aliphatic heterocycles. The lowest BCUT2D eigenvalue weighted by Gasteiger charge is -2.16. The van der Waals surface area contributed by atoms with E-state index < -0.39 is 5.82 Å². The molecule has 0 bridgehead atoms. The normalized spacial score (nSPS) is 17.6. The summed E-state index contributed by atoms with van der Waals surface area (Å²) >= 11 is 0. The van der Waals surface area contributed by atoms with Crippen molar-refractivity contribution < 1.29 is 13.6 Å². The van der Waals surface area contributed by atoms with Gasteiger partial charge in [-0.25, -0.2) is 8.78 Å². The third kappa shape index (κ3) is 3.10. The van der Waals surface area contributed by atoms with Gasteiger partial charge in [-0.1, -0.05) is 12.1 Å². The molecule has 0 spiro atoms. The van der Waals surface area contributed by atoms with Crippen LogP contribution in [0.1, 0.15) is 22.3 Å². The number of nitrogens with two attached hydrogens (primary N) is 1. The molecule has 1 atom stereocenters. The number of rotatable bonds is 2. The van der Waals surface area contributed by atoms with Gasteiger partial charge in [0.2, 0.25) is 0 Å². The summed E-state index contributed by atoms with van der Waals surface area (Å²) in [6, 6.07) is 8.61. The fraction of sp³-hybridized carbons (Fsp3) is 0.278. The molecule has 1 fully saturated rings. The molecule has 2 aromatic rings. The first kappa shape index (κ1) is 15.6. The summed E-state index contributed by atoms with van der Waals surface area (Å²) in [5, 5.41) is 0. The molecule has 120 valence electrons. The topological polar surface area (TPSA) is 46.3 Å². The first-order valence-corrected chi connectivity index (χ1v) is 7.56. The van der Waals surface area contributed by atoms with E-state index in [1.807, 2.05) is 0 Å². The van der Waals surface area contributed by atoms with Gasteiger partial charge in [-0.3, -0.25) is 4.79 Å². The third-order valence-electron chi connectivity index (χ3n) is 4.21. The third-order valence-corrected chi connectivity index (χ3v) is 4.21. The number of aryl methyl sites for hydroxylation is 1. The first-order valence-electron chi connectivity index (χ1n) is 7.56. The summed E-state index contributed by atoms with van der Waals surface area (Å²) in [6.07, 6.45) is 0.765. The molecule has 0 saturated carbocycles. The highest BCUT2D eigenvalue weighted by Crippen LogP contribution is 2.28. The Morgan fingerprint density at radius 2 is 1.91 bits per heavy atom. The van der Waals surface area contributed by atoms with Gasteiger partial charge in [0, 0.05) is 30.3 Å². The van der Waals surface area contributed by atoms with Crippen molar-refractivity contribution >= 4 is 5.91 Å². The highest BCUT2D eigenvalue weighted by atomic mass is 19.1. The first-order chi connectivity index (χ1) is 11.0. The zero-order chi connectivity index (χ0) is 16.6. The minimum Gasteiger partial charge on any atom is -0.337 e. The summed E-state index contributed by atoms with van der Waals surface area (Å²) in [6.45, 7) is 2.82. The molecule has 1 saturated heterocycles. The molecule has 0 radical (unpaired) electrons. The molecule has 2 aromatic carbocycles. The smallest absolute Gasteiger partial charge is 0.254 e. The Labute approximate surface area is 133 Å². The lowest BCUT2D eigenvalue weighted by molar-refractivity contribution is 0.0790. The number of nitrogens with zero attached hydrogens (tertiary/aromatic N) is 1. The highest BCUT2D eigenvalue weighted by Gasteiger charge is 2.25. The quantitative estimate of drug-likeness (QED) is 0.925. The summed E-state index contributed by atoms with van der Waals surface area (Å²) < 4.78 is 27.6. The van der Waals surface area contributed by atoms with Crippen LogP contribution in [0.2, 0.25) is 0 Å². The predicted octanol–water partition coefficient (Wildman–Crippen LogP) is 3.11. The number of carbonyl (C=O) groups is 1. The van der Waals surface area contributed by atoms with Gasteiger partial charge < -0.3 is 10.6 Å². The molecule has 0 aliphatic carbocycles. The summed E-state index contributed by atoms with van der Waals surface area (Å²) in [4.78, 5) is 14.0. The molecular formula is C18H18F2N2O. The molecule has 23 heavy (non-hydrogen) atoms. The lowest BCUT2D eigenvalue weighted by atomic mass is 9.98. The van der Waals surface area contributed by atoms with Crippen LogP contribution in [0.15, 0.2) is 36.4 Å². The summed E-state index contributed by atoms with van der Waals surface area (Å²) in [7, 11) is 0. The largest absolute Gasteiger partial charge is 0.337 e. The Bertz CT molecular complexity index is 761. The summed E-state index contributed by atoms with van der Waals surface area (Å²) in [5.41, 5.74) is 7.73. The van der Waals surface area contributed by atoms with Crippen LogP contribution in [0, 0.1) is 18.6 Å². The van der Waals surface area contributed by atoms with Crippen LogP contribution in [0.25, 0.3) is 11.1 Å². The van der Waals surface area contributed by atoms with Gasteiger partial charge in [-0.2, -0.15) is 0 Å². The van der Waals surface area contributed by atoms with E-state index in [1.165, 1.54) is 18.2 Å². The average Bonchev–Trinajstić information content (AvgIpc) is 2.94. The van der Waals surface area contributed by atoms with E-state index in [9.17, 15) is 13.6 Å². The van der Waals surface area contributed by atoms with Gasteiger partial charge in [0.25, 0.3) is 5.91 Å². The van der Waals surface area contributed by atoms with Gasteiger partial charge in [-0.15, -0.1) is 0 Å². The number of amides is 1. The minimum atomic E-state index is -0.492. The zero-order valence-corrected chi connectivity index (χ0v) is 12.9. The fourth-order valence-electron chi connectivity index (χ4n) is 2.95. The van der Waals surface area contributed by atoms with Crippen molar-refractivity contribution in [3.8, 4) is 11.1 Å². The molecule has 1 heterocycles. The van der Waals surface area contributed by atoms with Crippen LogP contribution in [0.5, 0.6) is 0 Å². The van der Waals surface area contributed by atoms with Crippen LogP contribution in [-0.2, 0) is 0 Å². The predicted molar refractivity (Wildman–Crippen MR) is 85.0 cm³/mol. The van der Waals surface area contributed by atoms with Crippen molar-refractivity contribution in [2.45, 2.75) is 19.4 Å². The zero-order valence-electron chi connectivity index (χ0n) is 12.9. The fourth-order valence-corrected chi connectivity index (χ4v) is 2.95. The van der Waals surface area contributed by atoms with Gasteiger partial charge >= 0.3 is 0 Å². The number of hydrogen-bond acceptors (Lipinski definition) is 2. The molecular weight excluding hydrogens is 298 g/mol. The molecule has 3 rings (SSSR count). The van der Waals surface area contributed by atoms with Crippen molar-refractivity contribution in [3.63, 3.8) is 0 Å². The standard InChI is InChI=1S/C18H18F2N2O/c1-11-8-13(19)3-5-15(11)16-4-2-12(9-17(16)20)18(23)22-7-6-14(21)10-22/h2-5,8-9,14H,6-7,10,21H2,1H3/t14-/m1/s1. The molecule has 0 aromatic heterocycles. The van der Waals surface area contributed by atoms with Crippen molar-refractivity contribution in [2.75, 3.05) is 13.1 Å². The maximum atomic E-state index is 14.5.